The second-order valence-electron chi connectivity index (χ2n) is 15.0. The van der Waals surface area contributed by atoms with E-state index in [0.29, 0.717) is 34.3 Å². The van der Waals surface area contributed by atoms with Crippen molar-refractivity contribution < 1.29 is 47.3 Å². The number of phenolic OH excluding ortho intramolecular Hbond substituents is 1. The van der Waals surface area contributed by atoms with E-state index in [9.17, 15) is 33.9 Å². The zero-order valence-electron chi connectivity index (χ0n) is 37.0. The van der Waals surface area contributed by atoms with Crippen LogP contribution < -0.4 is 26.6 Å². The summed E-state index contributed by atoms with van der Waals surface area (Å²) >= 11 is 5.43. The summed E-state index contributed by atoms with van der Waals surface area (Å²) < 4.78 is 25.8. The number of esters is 1. The Balaban J connectivity index is 0.000000188. The van der Waals surface area contributed by atoms with E-state index in [1.807, 2.05) is 107 Å². The van der Waals surface area contributed by atoms with Crippen LogP contribution in [0.3, 0.4) is 0 Å². The normalized spacial score (nSPS) is 10.3. The van der Waals surface area contributed by atoms with E-state index in [1.54, 1.807) is 37.3 Å². The fourth-order valence-electron chi connectivity index (χ4n) is 6.08. The Bertz CT molecular complexity index is 2870. The van der Waals surface area contributed by atoms with Crippen LogP contribution in [0.2, 0.25) is 0 Å². The number of fused-ring (bicyclic) bond motifs is 2. The van der Waals surface area contributed by atoms with E-state index in [0.717, 1.165) is 38.8 Å². The van der Waals surface area contributed by atoms with Crippen molar-refractivity contribution in [3.05, 3.63) is 187 Å². The fourth-order valence-corrected chi connectivity index (χ4v) is 6.20. The third kappa shape index (κ3) is 14.0. The standard InChI is InChI=1S/C19H17NO4.C18H15NO5.C14H15ClO3/c1-12-8-9-15-10-16(18(21)24-17(15)13(12)2)20-19(22)23-11-14-6-4-3-5-7-14;1-11-15(20)8-7-13-9-14(17(21)24-16(11)13)19-18(22)23-10-12-5-3-2-4-6-12;1-9(2)4-5-11-8-12(14(15)17)6-7-13(11)18-10(3)16/h3-10H,11H2,1-2H3,(H,20,22);2-9,20H,10H2,1H3,(H,19,22);4,6-8H,5H2,1-3H3. The van der Waals surface area contributed by atoms with Gasteiger partial charge in [-0.2, -0.15) is 0 Å². The molecule has 15 heteroatoms. The topological polar surface area (TPSA) is 201 Å². The van der Waals surface area contributed by atoms with Crippen LogP contribution in [-0.4, -0.2) is 28.5 Å². The molecular formula is C51H47ClN2O12. The maximum atomic E-state index is 12.1. The number of aryl methyl sites for hydroxylation is 3. The highest BCUT2D eigenvalue weighted by Crippen LogP contribution is 2.27. The molecule has 0 radical (unpaired) electrons. The first kappa shape index (κ1) is 49.1. The number of phenols is 1. The number of ether oxygens (including phenoxy) is 3. The van der Waals surface area contributed by atoms with Gasteiger partial charge < -0.3 is 28.2 Å². The molecule has 2 heterocycles. The van der Waals surface area contributed by atoms with Gasteiger partial charge in [0.25, 0.3) is 5.24 Å². The molecule has 0 aliphatic heterocycles. The Morgan fingerprint density at radius 2 is 1.15 bits per heavy atom. The molecule has 0 aliphatic carbocycles. The lowest BCUT2D eigenvalue weighted by Crippen LogP contribution is -2.18. The molecule has 66 heavy (non-hydrogen) atoms. The lowest BCUT2D eigenvalue weighted by atomic mass is 10.1. The monoisotopic (exact) mass is 914 g/mol. The highest BCUT2D eigenvalue weighted by molar-refractivity contribution is 6.67. The number of benzene rings is 5. The van der Waals surface area contributed by atoms with E-state index in [4.69, 9.17) is 34.6 Å². The molecule has 0 bridgehead atoms. The highest BCUT2D eigenvalue weighted by atomic mass is 35.5. The minimum atomic E-state index is -0.749. The molecule has 5 aromatic carbocycles. The zero-order chi connectivity index (χ0) is 47.9. The van der Waals surface area contributed by atoms with Crippen LogP contribution >= 0.6 is 11.6 Å². The van der Waals surface area contributed by atoms with Crippen LogP contribution in [0.15, 0.2) is 145 Å². The molecule has 340 valence electrons. The van der Waals surface area contributed by atoms with E-state index < -0.39 is 34.6 Å². The smallest absolute Gasteiger partial charge is 0.412 e. The van der Waals surface area contributed by atoms with E-state index in [1.165, 1.54) is 19.1 Å². The highest BCUT2D eigenvalue weighted by Gasteiger charge is 2.15. The summed E-state index contributed by atoms with van der Waals surface area (Å²) in [5, 5.41) is 15.3. The maximum Gasteiger partial charge on any atom is 0.412 e. The van der Waals surface area contributed by atoms with Gasteiger partial charge in [0.05, 0.1) is 0 Å². The Hall–Kier alpha value is -7.97. The predicted octanol–water partition coefficient (Wildman–Crippen LogP) is 11.2. The van der Waals surface area contributed by atoms with E-state index in [-0.39, 0.29) is 35.9 Å². The minimum absolute atomic E-state index is 0.0225. The van der Waals surface area contributed by atoms with Gasteiger partial charge in [-0.3, -0.25) is 20.2 Å². The molecule has 3 N–H and O–H groups in total. The molecule has 0 spiro atoms. The summed E-state index contributed by atoms with van der Waals surface area (Å²) in [6, 6.07) is 33.2. The maximum absolute atomic E-state index is 12.1. The third-order valence-corrected chi connectivity index (χ3v) is 9.93. The zero-order valence-corrected chi connectivity index (χ0v) is 37.7. The summed E-state index contributed by atoms with van der Waals surface area (Å²) in [4.78, 5) is 69.9. The number of hydrogen-bond donors (Lipinski definition) is 3. The fraction of sp³-hybridized carbons (Fsp3) is 0.176. The minimum Gasteiger partial charge on any atom is -0.508 e. The summed E-state index contributed by atoms with van der Waals surface area (Å²) in [5.74, 6) is 0.105. The van der Waals surface area contributed by atoms with Crippen LogP contribution in [0.4, 0.5) is 21.0 Å². The summed E-state index contributed by atoms with van der Waals surface area (Å²) in [6.07, 6.45) is 1.13. The quantitative estimate of drug-likeness (QED) is 0.0386. The van der Waals surface area contributed by atoms with Gasteiger partial charge in [0, 0.05) is 28.8 Å². The predicted molar refractivity (Wildman–Crippen MR) is 252 cm³/mol. The Kier molecular flexibility index (Phi) is 17.2. The van der Waals surface area contributed by atoms with Gasteiger partial charge in [0.2, 0.25) is 0 Å². The summed E-state index contributed by atoms with van der Waals surface area (Å²) in [5.41, 5.74) is 5.93. The number of halogens is 1. The Morgan fingerprint density at radius 1 is 0.652 bits per heavy atom. The molecule has 0 saturated carbocycles. The average Bonchev–Trinajstić information content (AvgIpc) is 3.29. The third-order valence-electron chi connectivity index (χ3n) is 9.71. The van der Waals surface area contributed by atoms with Crippen molar-refractivity contribution >= 4 is 68.3 Å². The molecule has 2 amide bonds. The summed E-state index contributed by atoms with van der Waals surface area (Å²) in [6.45, 7) is 11.0. The molecule has 0 aliphatic rings. The first-order valence-electron chi connectivity index (χ1n) is 20.4. The average molecular weight is 915 g/mol. The number of rotatable bonds is 10. The van der Waals surface area contributed by atoms with Crippen LogP contribution in [-0.2, 0) is 33.9 Å². The summed E-state index contributed by atoms with van der Waals surface area (Å²) in [7, 11) is 0. The molecule has 7 rings (SSSR count). The van der Waals surface area contributed by atoms with E-state index >= 15 is 0 Å². The van der Waals surface area contributed by atoms with Gasteiger partial charge in [0.15, 0.2) is 0 Å². The van der Waals surface area contributed by atoms with Crippen LogP contribution in [0, 0.1) is 20.8 Å². The van der Waals surface area contributed by atoms with Crippen molar-refractivity contribution in [1.29, 1.82) is 0 Å². The second kappa shape index (κ2) is 23.1. The number of carbonyl (C=O) groups excluding carboxylic acids is 4. The largest absolute Gasteiger partial charge is 0.508 e. The van der Waals surface area contributed by atoms with Crippen LogP contribution in [0.5, 0.6) is 11.5 Å². The number of hydrogen-bond acceptors (Lipinski definition) is 12. The molecular weight excluding hydrogens is 868 g/mol. The van der Waals surface area contributed by atoms with Gasteiger partial charge in [-0.1, -0.05) is 84.4 Å². The lowest BCUT2D eigenvalue weighted by Gasteiger charge is -2.08. The number of carbonyl (C=O) groups is 4. The van der Waals surface area contributed by atoms with Crippen molar-refractivity contribution in [1.82, 2.24) is 0 Å². The van der Waals surface area contributed by atoms with Crippen molar-refractivity contribution in [3.63, 3.8) is 0 Å². The van der Waals surface area contributed by atoms with Gasteiger partial charge in [-0.05, 0) is 123 Å². The Labute approximate surface area is 384 Å². The SMILES string of the molecule is CC(=O)Oc1ccc(C(=O)Cl)cc1CC=C(C)C.Cc1c(O)ccc2cc(NC(=O)OCc3ccccc3)c(=O)oc12.Cc1ccc2cc(NC(=O)OCc3ccccc3)c(=O)oc2c1C. The van der Waals surface area contributed by atoms with Gasteiger partial charge in [-0.25, -0.2) is 19.2 Å². The van der Waals surface area contributed by atoms with Crippen LogP contribution in [0.1, 0.15) is 64.5 Å². The molecule has 0 atom stereocenters. The molecule has 0 unspecified atom stereocenters. The number of anilines is 2. The van der Waals surface area contributed by atoms with Crippen molar-refractivity contribution in [2.75, 3.05) is 10.6 Å². The lowest BCUT2D eigenvalue weighted by molar-refractivity contribution is -0.131. The number of nitrogens with one attached hydrogen (secondary N) is 2. The van der Waals surface area contributed by atoms with Gasteiger partial charge in [-0.15, -0.1) is 0 Å². The molecule has 14 nitrogen and oxygen atoms in total. The number of amides is 2. The van der Waals surface area contributed by atoms with Crippen molar-refractivity contribution in [3.8, 4) is 11.5 Å². The van der Waals surface area contributed by atoms with Crippen molar-refractivity contribution in [2.24, 2.45) is 0 Å². The van der Waals surface area contributed by atoms with Gasteiger partial charge in [0.1, 0.15) is 47.3 Å². The first-order chi connectivity index (χ1) is 31.5. The second-order valence-corrected chi connectivity index (χ2v) is 15.3. The molecule has 0 fully saturated rings. The molecule has 7 aromatic rings. The number of aromatic hydroxyl groups is 1. The first-order valence-corrected chi connectivity index (χ1v) is 20.8. The Morgan fingerprint density at radius 3 is 1.64 bits per heavy atom. The van der Waals surface area contributed by atoms with Gasteiger partial charge >= 0.3 is 29.4 Å². The number of allylic oxidation sites excluding steroid dienone is 2. The van der Waals surface area contributed by atoms with E-state index in [2.05, 4.69) is 10.6 Å². The molecule has 2 aromatic heterocycles. The van der Waals surface area contributed by atoms with Crippen LogP contribution in [0.25, 0.3) is 21.9 Å². The molecule has 0 saturated heterocycles. The van der Waals surface area contributed by atoms with Crippen molar-refractivity contribution in [2.45, 2.75) is 61.2 Å².